The van der Waals surface area contributed by atoms with E-state index in [2.05, 4.69) is 73.7 Å². The van der Waals surface area contributed by atoms with E-state index in [1.807, 2.05) is 60.7 Å². The van der Waals surface area contributed by atoms with Crippen molar-refractivity contribution in [3.05, 3.63) is 119 Å². The monoisotopic (exact) mass is 772 g/mol. The molecule has 2 aromatic heterocycles. The van der Waals surface area contributed by atoms with Gasteiger partial charge in [0.25, 0.3) is 0 Å². The van der Waals surface area contributed by atoms with Gasteiger partial charge in [-0.1, -0.05) is 70.5 Å². The van der Waals surface area contributed by atoms with Crippen LogP contribution in [0.3, 0.4) is 0 Å². The first-order valence-electron chi connectivity index (χ1n) is 20.7. The fourth-order valence-electron chi connectivity index (χ4n) is 7.88. The quantitative estimate of drug-likeness (QED) is 0.109. The number of para-hydroxylation sites is 4. The Morgan fingerprint density at radius 3 is 1.58 bits per heavy atom. The first-order chi connectivity index (χ1) is 27.4. The summed E-state index contributed by atoms with van der Waals surface area (Å²) in [5, 5.41) is 21.4. The molecule has 2 unspecified atom stereocenters. The highest BCUT2D eigenvalue weighted by Crippen LogP contribution is 2.38. The molecule has 4 heterocycles. The third-order valence-corrected chi connectivity index (χ3v) is 11.4. The molecule has 10 nitrogen and oxygen atoms in total. The fraction of sp³-hybridized carbons (Fsp3) is 0.447. The van der Waals surface area contributed by atoms with E-state index >= 15 is 0 Å². The molecule has 2 saturated heterocycles. The van der Waals surface area contributed by atoms with Crippen LogP contribution in [-0.2, 0) is 21.3 Å². The molecule has 0 bridgehead atoms. The molecule has 2 aliphatic rings. The summed E-state index contributed by atoms with van der Waals surface area (Å²) in [4.78, 5) is 21.1. The number of benzene rings is 4. The Morgan fingerprint density at radius 2 is 1.12 bits per heavy atom. The zero-order chi connectivity index (χ0) is 40.1. The van der Waals surface area contributed by atoms with E-state index in [0.29, 0.717) is 0 Å². The number of aromatic hydroxyl groups is 2. The van der Waals surface area contributed by atoms with E-state index in [1.54, 1.807) is 12.1 Å². The Balaban J connectivity index is 0.000000174. The molecule has 0 saturated carbocycles. The number of aromatic amines is 2. The van der Waals surface area contributed by atoms with E-state index < -0.39 is 12.2 Å². The zero-order valence-corrected chi connectivity index (χ0v) is 34.5. The zero-order valence-electron chi connectivity index (χ0n) is 34.5. The van der Waals surface area contributed by atoms with Gasteiger partial charge in [0.05, 0.1) is 34.3 Å². The van der Waals surface area contributed by atoms with Gasteiger partial charge in [0.1, 0.15) is 35.4 Å². The predicted octanol–water partition coefficient (Wildman–Crippen LogP) is 9.19. The van der Waals surface area contributed by atoms with Gasteiger partial charge in [-0.3, -0.25) is 0 Å². The maximum atomic E-state index is 10.7. The molecule has 8 rings (SSSR count). The number of nitrogens with one attached hydrogen (secondary N) is 2. The van der Waals surface area contributed by atoms with Crippen LogP contribution >= 0.6 is 0 Å². The number of hydrogen-bond acceptors (Lipinski definition) is 8. The van der Waals surface area contributed by atoms with Crippen LogP contribution in [0.25, 0.3) is 22.1 Å². The number of nitrogens with zero attached hydrogens (tertiary/aromatic N) is 4. The average Bonchev–Trinajstić information content (AvgIpc) is 3.83. The SMILES string of the molecule is CCCc1ccc(O)c(C(OC2CCN(C)CC2)c2nc3ccccc3[nH]2)c1.CN1CCC(OC(c2nc3ccccc3[nH]2)c2cc(C(C)(C)C)ccc2O)CC1. The van der Waals surface area contributed by atoms with Crippen molar-refractivity contribution < 1.29 is 19.7 Å². The molecule has 0 radical (unpaired) electrons. The van der Waals surface area contributed by atoms with Crippen molar-refractivity contribution in [3.8, 4) is 11.5 Å². The maximum absolute atomic E-state index is 10.7. The highest BCUT2D eigenvalue weighted by Gasteiger charge is 2.30. The van der Waals surface area contributed by atoms with Crippen LogP contribution in [0.4, 0.5) is 0 Å². The molecule has 0 aliphatic carbocycles. The molecule has 0 spiro atoms. The number of H-pyrrole nitrogens is 2. The van der Waals surface area contributed by atoms with Gasteiger partial charge in [-0.25, -0.2) is 9.97 Å². The van der Waals surface area contributed by atoms with E-state index in [1.165, 1.54) is 11.1 Å². The van der Waals surface area contributed by atoms with Crippen LogP contribution in [-0.4, -0.2) is 92.4 Å². The summed E-state index contributed by atoms with van der Waals surface area (Å²) in [5.74, 6) is 2.00. The number of phenols is 2. The average molecular weight is 773 g/mol. The van der Waals surface area contributed by atoms with Crippen LogP contribution < -0.4 is 0 Å². The number of rotatable bonds is 10. The third-order valence-electron chi connectivity index (χ3n) is 11.4. The summed E-state index contributed by atoms with van der Waals surface area (Å²) in [6.45, 7) is 12.8. The summed E-state index contributed by atoms with van der Waals surface area (Å²) in [6, 6.07) is 27.7. The number of piperidine rings is 2. The lowest BCUT2D eigenvalue weighted by molar-refractivity contribution is -0.0273. The Kier molecular flexibility index (Phi) is 12.6. The van der Waals surface area contributed by atoms with Gasteiger partial charge in [0, 0.05) is 37.3 Å². The van der Waals surface area contributed by atoms with Gasteiger partial charge >= 0.3 is 0 Å². The third kappa shape index (κ3) is 9.87. The van der Waals surface area contributed by atoms with Crippen molar-refractivity contribution in [1.29, 1.82) is 0 Å². The van der Waals surface area contributed by atoms with Crippen molar-refractivity contribution >= 4 is 22.1 Å². The molecule has 10 heteroatoms. The van der Waals surface area contributed by atoms with Gasteiger partial charge in [0.2, 0.25) is 0 Å². The van der Waals surface area contributed by atoms with Crippen molar-refractivity contribution in [2.75, 3.05) is 40.3 Å². The molecule has 4 aromatic carbocycles. The second-order valence-corrected chi connectivity index (χ2v) is 17.0. The lowest BCUT2D eigenvalue weighted by Gasteiger charge is -2.32. The molecule has 302 valence electrons. The summed E-state index contributed by atoms with van der Waals surface area (Å²) >= 11 is 0. The maximum Gasteiger partial charge on any atom is 0.144 e. The predicted molar refractivity (Wildman–Crippen MR) is 228 cm³/mol. The van der Waals surface area contributed by atoms with Gasteiger partial charge in [-0.05, 0) is 111 Å². The van der Waals surface area contributed by atoms with Gasteiger partial charge in [0.15, 0.2) is 0 Å². The molecule has 2 fully saturated rings. The first kappa shape index (κ1) is 40.5. The minimum Gasteiger partial charge on any atom is -0.508 e. The van der Waals surface area contributed by atoms with Crippen LogP contribution in [0.15, 0.2) is 84.9 Å². The lowest BCUT2D eigenvalue weighted by atomic mass is 9.85. The van der Waals surface area contributed by atoms with Crippen molar-refractivity contribution in [3.63, 3.8) is 0 Å². The standard InChI is InChI=1S/C24H31N3O2.C23H29N3O2/c1-24(2,3)16-9-10-21(28)18(15-16)22(29-17-11-13-27(4)14-12-17)23-25-19-7-5-6-8-20(19)26-23;1-3-6-16-9-10-21(27)18(15-16)22(28-17-11-13-26(2)14-12-17)23-24-19-7-4-5-8-20(19)25-23/h5-10,15,17,22,28H,11-14H2,1-4H3,(H,25,26);4-5,7-10,15,17,22,27H,3,6,11-14H2,1-2H3,(H,24,25). The Hall–Kier alpha value is -4.74. The summed E-state index contributed by atoms with van der Waals surface area (Å²) in [7, 11) is 4.29. The summed E-state index contributed by atoms with van der Waals surface area (Å²) < 4.78 is 13.2. The highest BCUT2D eigenvalue weighted by molar-refractivity contribution is 5.75. The van der Waals surface area contributed by atoms with Crippen LogP contribution in [0, 0.1) is 0 Å². The van der Waals surface area contributed by atoms with Gasteiger partial charge < -0.3 is 39.5 Å². The first-order valence-corrected chi connectivity index (χ1v) is 20.7. The number of imidazole rings is 2. The second-order valence-electron chi connectivity index (χ2n) is 17.0. The van der Waals surface area contributed by atoms with E-state index in [4.69, 9.17) is 19.4 Å². The van der Waals surface area contributed by atoms with Gasteiger partial charge in [-0.2, -0.15) is 0 Å². The number of ether oxygens (including phenoxy) is 2. The van der Waals surface area contributed by atoms with Gasteiger partial charge in [-0.15, -0.1) is 0 Å². The molecule has 2 atom stereocenters. The summed E-state index contributed by atoms with van der Waals surface area (Å²) in [6.07, 6.45) is 5.44. The number of fused-ring (bicyclic) bond motifs is 2. The molecule has 4 N–H and O–H groups in total. The minimum absolute atomic E-state index is 0.0194. The van der Waals surface area contributed by atoms with E-state index in [0.717, 1.165) is 110 Å². The van der Waals surface area contributed by atoms with Crippen LogP contribution in [0.2, 0.25) is 0 Å². The van der Waals surface area contributed by atoms with E-state index in [-0.39, 0.29) is 29.1 Å². The smallest absolute Gasteiger partial charge is 0.144 e. The Labute approximate surface area is 337 Å². The largest absolute Gasteiger partial charge is 0.508 e. The number of hydrogen-bond donors (Lipinski definition) is 4. The fourth-order valence-corrected chi connectivity index (χ4v) is 7.88. The van der Waals surface area contributed by atoms with Crippen molar-refractivity contribution in [1.82, 2.24) is 29.7 Å². The Bertz CT molecular complexity index is 2160. The van der Waals surface area contributed by atoms with E-state index in [9.17, 15) is 10.2 Å². The molecule has 2 aliphatic heterocycles. The molecular weight excluding hydrogens is 713 g/mol. The minimum atomic E-state index is -0.432. The number of phenolic OH excluding ortho intramolecular Hbond substituents is 2. The molecular formula is C47H60N6O4. The van der Waals surface area contributed by atoms with Crippen LogP contribution in [0.5, 0.6) is 11.5 Å². The number of aromatic nitrogens is 4. The van der Waals surface area contributed by atoms with Crippen molar-refractivity contribution in [2.45, 2.75) is 96.1 Å². The normalized spacial score (nSPS) is 17.4. The van der Waals surface area contributed by atoms with Crippen LogP contribution in [0.1, 0.15) is 106 Å². The van der Waals surface area contributed by atoms with Crippen molar-refractivity contribution in [2.24, 2.45) is 0 Å². The molecule has 0 amide bonds. The number of aryl methyl sites for hydroxylation is 1. The lowest BCUT2D eigenvalue weighted by Crippen LogP contribution is -2.35. The Morgan fingerprint density at radius 1 is 0.667 bits per heavy atom. The summed E-state index contributed by atoms with van der Waals surface area (Å²) in [5.41, 5.74) is 7.71. The highest BCUT2D eigenvalue weighted by atomic mass is 16.5. The molecule has 57 heavy (non-hydrogen) atoms. The topological polar surface area (TPSA) is 123 Å². The second kappa shape index (κ2) is 17.8. The molecule has 6 aromatic rings. The number of likely N-dealkylation sites (tertiary alicyclic amines) is 2.